The number of alkyl halides is 4. The molecule has 1 aliphatic carbocycles. The molecule has 70 heavy (non-hydrogen) atoms. The van der Waals surface area contributed by atoms with E-state index < -0.39 is 96.8 Å². The van der Waals surface area contributed by atoms with Crippen LogP contribution in [0.2, 0.25) is 0 Å². The number of nitrogens with one attached hydrogen (secondary N) is 4. The van der Waals surface area contributed by atoms with Crippen molar-refractivity contribution in [3.63, 3.8) is 0 Å². The molecule has 17 nitrogen and oxygen atoms in total. The number of carbonyl (C=O) groups is 8. The SMILES string of the molecule is C[C@H](N(Cc1ccc(F)cc1)C(=O)CN1C(=O)N[C@]2(C[C@@H](F)c3cc(C4C=NN(CC(=O)NCCCCCCCNc5ccc6c(c5)C(=O)N(C5CCC(=O)NC5=O)C6=O)C4)ccc32)C1=O)C(F)(F)F. The van der Waals surface area contributed by atoms with Gasteiger partial charge in [-0.25, -0.2) is 13.6 Å². The third-order valence-corrected chi connectivity index (χ3v) is 13.4. The van der Waals surface area contributed by atoms with Gasteiger partial charge in [-0.3, -0.25) is 53.7 Å². The summed E-state index contributed by atoms with van der Waals surface area (Å²) in [5, 5.41) is 16.8. The van der Waals surface area contributed by atoms with Crippen molar-refractivity contribution in [2.24, 2.45) is 5.10 Å². The summed E-state index contributed by atoms with van der Waals surface area (Å²) in [6.07, 6.45) is -1.06. The van der Waals surface area contributed by atoms with Crippen molar-refractivity contribution in [3.8, 4) is 0 Å². The molecule has 5 atom stereocenters. The smallest absolute Gasteiger partial charge is 0.385 e. The van der Waals surface area contributed by atoms with Crippen LogP contribution in [0.25, 0.3) is 0 Å². The van der Waals surface area contributed by atoms with Gasteiger partial charge in [-0.2, -0.15) is 18.3 Å². The van der Waals surface area contributed by atoms with Gasteiger partial charge in [0.2, 0.25) is 23.6 Å². The molecule has 8 rings (SSSR count). The number of halogens is 5. The number of nitrogens with zero attached hydrogens (tertiary/aromatic N) is 5. The Bertz CT molecular complexity index is 2650. The molecule has 2 unspecified atom stereocenters. The van der Waals surface area contributed by atoms with Crippen molar-refractivity contribution in [2.45, 2.75) is 101 Å². The molecule has 3 aromatic rings. The highest BCUT2D eigenvalue weighted by molar-refractivity contribution is 6.23. The molecule has 2 saturated heterocycles. The number of fused-ring (bicyclic) bond motifs is 3. The molecule has 4 heterocycles. The standard InChI is InChI=1S/C48H50F5N9O8/c1-27(48(51,52)53)60(23-28-7-10-31(49)11-8-28)41(65)26-61-45(69)47(58-46(61)70)21-37(50)35-19-29(9-14-36(35)47)30-22-56-59(24-30)25-40(64)55-18-6-4-2-3-5-17-54-32-12-13-33-34(20-32)44(68)62(43(33)67)38-15-16-39(63)57-42(38)66/h7-14,19-20,22,27,30,37-38,54H,2-6,15-18,21,23-26H2,1H3,(H,55,64)(H,58,70)(H,57,63,66)/t27-,30?,37+,38?,47-/m0/s1. The van der Waals surface area contributed by atoms with Gasteiger partial charge in [-0.1, -0.05) is 49.6 Å². The van der Waals surface area contributed by atoms with E-state index >= 15 is 4.39 Å². The highest BCUT2D eigenvalue weighted by atomic mass is 19.4. The molecule has 4 N–H and O–H groups in total. The van der Waals surface area contributed by atoms with Gasteiger partial charge in [0.25, 0.3) is 17.7 Å². The average molecular weight is 976 g/mol. The Hall–Kier alpha value is -7.26. The monoisotopic (exact) mass is 975 g/mol. The number of benzene rings is 3. The van der Waals surface area contributed by atoms with Gasteiger partial charge >= 0.3 is 12.2 Å². The lowest BCUT2D eigenvalue weighted by Crippen LogP contribution is -2.54. The van der Waals surface area contributed by atoms with Crippen molar-refractivity contribution in [3.05, 3.63) is 99.9 Å². The number of rotatable bonds is 18. The quantitative estimate of drug-likeness (QED) is 0.0585. The Labute approximate surface area is 398 Å². The molecule has 0 saturated carbocycles. The van der Waals surface area contributed by atoms with E-state index in [1.807, 2.05) is 0 Å². The van der Waals surface area contributed by atoms with Gasteiger partial charge in [-0.05, 0) is 78.8 Å². The number of piperidine rings is 1. The minimum Gasteiger partial charge on any atom is -0.385 e. The molecule has 0 aromatic heterocycles. The van der Waals surface area contributed by atoms with E-state index in [1.54, 1.807) is 41.6 Å². The van der Waals surface area contributed by atoms with E-state index in [0.29, 0.717) is 40.7 Å². The predicted octanol–water partition coefficient (Wildman–Crippen LogP) is 4.93. The molecule has 5 aliphatic rings. The van der Waals surface area contributed by atoms with E-state index in [9.17, 15) is 55.9 Å². The second-order valence-electron chi connectivity index (χ2n) is 18.1. The molecule has 0 bridgehead atoms. The zero-order valence-corrected chi connectivity index (χ0v) is 38.0. The number of hydrogen-bond acceptors (Lipinski definition) is 11. The number of amides is 9. The second kappa shape index (κ2) is 20.0. The van der Waals surface area contributed by atoms with Gasteiger partial charge in [-0.15, -0.1) is 0 Å². The van der Waals surface area contributed by atoms with Crippen LogP contribution in [0.3, 0.4) is 0 Å². The summed E-state index contributed by atoms with van der Waals surface area (Å²) >= 11 is 0. The summed E-state index contributed by atoms with van der Waals surface area (Å²) in [4.78, 5) is 105. The van der Waals surface area contributed by atoms with Crippen molar-refractivity contribution >= 4 is 59.3 Å². The first kappa shape index (κ1) is 49.2. The van der Waals surface area contributed by atoms with Crippen LogP contribution in [0.4, 0.5) is 32.4 Å². The zero-order chi connectivity index (χ0) is 50.1. The molecule has 22 heteroatoms. The number of hydrazone groups is 1. The molecule has 2 fully saturated rings. The minimum absolute atomic E-state index is 0.0198. The summed E-state index contributed by atoms with van der Waals surface area (Å²) in [5.74, 6) is -5.62. The predicted molar refractivity (Wildman–Crippen MR) is 240 cm³/mol. The lowest BCUT2D eigenvalue weighted by atomic mass is 9.89. The van der Waals surface area contributed by atoms with Crippen LogP contribution < -0.4 is 21.3 Å². The van der Waals surface area contributed by atoms with Gasteiger partial charge in [0.15, 0.2) is 0 Å². The topological polar surface area (TPSA) is 210 Å². The van der Waals surface area contributed by atoms with Crippen LogP contribution in [0.15, 0.2) is 65.8 Å². The summed E-state index contributed by atoms with van der Waals surface area (Å²) < 4.78 is 70.9. The first-order valence-corrected chi connectivity index (χ1v) is 23.0. The van der Waals surface area contributed by atoms with Crippen LogP contribution in [0.5, 0.6) is 0 Å². The number of hydrogen-bond donors (Lipinski definition) is 4. The molecular formula is C48H50F5N9O8. The third-order valence-electron chi connectivity index (χ3n) is 13.4. The minimum atomic E-state index is -4.86. The van der Waals surface area contributed by atoms with Crippen LogP contribution >= 0.6 is 0 Å². The molecule has 3 aromatic carbocycles. The summed E-state index contributed by atoms with van der Waals surface area (Å²) in [5.41, 5.74) is 0.287. The van der Waals surface area contributed by atoms with Crippen LogP contribution in [0, 0.1) is 5.82 Å². The highest BCUT2D eigenvalue weighted by Crippen LogP contribution is 2.49. The van der Waals surface area contributed by atoms with E-state index in [0.717, 1.165) is 56.1 Å². The fourth-order valence-electron chi connectivity index (χ4n) is 9.51. The Balaban J connectivity index is 0.751. The van der Waals surface area contributed by atoms with E-state index in [1.165, 1.54) is 18.2 Å². The molecule has 0 radical (unpaired) electrons. The van der Waals surface area contributed by atoms with E-state index in [-0.39, 0.29) is 59.0 Å². The second-order valence-corrected chi connectivity index (χ2v) is 18.1. The first-order chi connectivity index (χ1) is 33.3. The number of urea groups is 1. The van der Waals surface area contributed by atoms with Crippen molar-refractivity contribution < 1.29 is 60.3 Å². The van der Waals surface area contributed by atoms with Gasteiger partial charge in [0, 0.05) is 56.8 Å². The Kier molecular flexibility index (Phi) is 14.0. The third kappa shape index (κ3) is 10.1. The molecule has 370 valence electrons. The number of carbonyl (C=O) groups excluding carboxylic acids is 8. The Morgan fingerprint density at radius 2 is 1.61 bits per heavy atom. The summed E-state index contributed by atoms with van der Waals surface area (Å²) in [6, 6.07) is 9.65. The van der Waals surface area contributed by atoms with Crippen molar-refractivity contribution in [1.29, 1.82) is 0 Å². The van der Waals surface area contributed by atoms with Gasteiger partial charge < -0.3 is 20.9 Å². The molecule has 4 aliphatic heterocycles. The van der Waals surface area contributed by atoms with Crippen LogP contribution in [-0.4, -0.2) is 124 Å². The van der Waals surface area contributed by atoms with Gasteiger partial charge in [0.1, 0.15) is 42.7 Å². The average Bonchev–Trinajstić information content (AvgIpc) is 4.03. The normalized spacial score (nSPS) is 22.1. The maximum absolute atomic E-state index is 15.8. The molecule has 1 spiro atoms. The number of unbranched alkanes of at least 4 members (excludes halogenated alkanes) is 4. The molecule has 9 amide bonds. The number of imide groups is 3. The fourth-order valence-corrected chi connectivity index (χ4v) is 9.51. The first-order valence-electron chi connectivity index (χ1n) is 23.0. The van der Waals surface area contributed by atoms with E-state index in [4.69, 9.17) is 0 Å². The lowest BCUT2D eigenvalue weighted by Gasteiger charge is -2.32. The Morgan fingerprint density at radius 1 is 0.900 bits per heavy atom. The summed E-state index contributed by atoms with van der Waals surface area (Å²) in [6.45, 7) is 0.488. The maximum atomic E-state index is 15.8. The maximum Gasteiger partial charge on any atom is 0.408 e. The van der Waals surface area contributed by atoms with Gasteiger partial charge in [0.05, 0.1) is 11.1 Å². The molecular weight excluding hydrogens is 926 g/mol. The lowest BCUT2D eigenvalue weighted by molar-refractivity contribution is -0.187. The number of anilines is 1. The van der Waals surface area contributed by atoms with Crippen molar-refractivity contribution in [1.82, 2.24) is 35.7 Å². The highest BCUT2D eigenvalue weighted by Gasteiger charge is 2.59. The van der Waals surface area contributed by atoms with Crippen LogP contribution in [0.1, 0.15) is 113 Å². The largest absolute Gasteiger partial charge is 0.408 e. The van der Waals surface area contributed by atoms with Crippen molar-refractivity contribution in [2.75, 3.05) is 38.0 Å². The Morgan fingerprint density at radius 3 is 2.34 bits per heavy atom. The van der Waals surface area contributed by atoms with E-state index in [2.05, 4.69) is 26.4 Å². The fraction of sp³-hybridized carbons (Fsp3) is 0.438. The zero-order valence-electron chi connectivity index (χ0n) is 38.0. The summed E-state index contributed by atoms with van der Waals surface area (Å²) in [7, 11) is 0. The van der Waals surface area contributed by atoms with Crippen LogP contribution in [-0.2, 0) is 36.1 Å².